The molecule has 1 aromatic rings. The van der Waals surface area contributed by atoms with Gasteiger partial charge < -0.3 is 10.2 Å². The lowest BCUT2D eigenvalue weighted by atomic mass is 9.95. The molecule has 16 heavy (non-hydrogen) atoms. The van der Waals surface area contributed by atoms with Crippen LogP contribution in [0.15, 0.2) is 30.3 Å². The van der Waals surface area contributed by atoms with Gasteiger partial charge in [-0.15, -0.1) is 0 Å². The van der Waals surface area contributed by atoms with E-state index in [2.05, 4.69) is 0 Å². The van der Waals surface area contributed by atoms with Gasteiger partial charge in [0.1, 0.15) is 5.92 Å². The first kappa shape index (κ1) is 11.9. The Morgan fingerprint density at radius 1 is 1.06 bits per heavy atom. The number of carboxylic acids is 2. The van der Waals surface area contributed by atoms with E-state index in [0.717, 1.165) is 0 Å². The van der Waals surface area contributed by atoms with Crippen molar-refractivity contribution in [2.75, 3.05) is 0 Å². The number of aliphatic carboxylic acids is 2. The molecule has 1 rings (SSSR count). The number of hydrogen-bond acceptors (Lipinski definition) is 3. The lowest BCUT2D eigenvalue weighted by molar-refractivity contribution is -0.146. The summed E-state index contributed by atoms with van der Waals surface area (Å²) < 4.78 is 0. The standard InChI is InChI=1S/C11H10O5/c12-9(13)6-8(11(15)16)10(14)7-4-2-1-3-5-7/h1-5,8H,6H2,(H,12,13)(H,15,16). The Morgan fingerprint density at radius 3 is 2.06 bits per heavy atom. The maximum Gasteiger partial charge on any atom is 0.315 e. The first-order valence-electron chi connectivity index (χ1n) is 4.56. The van der Waals surface area contributed by atoms with Crippen LogP contribution in [0.5, 0.6) is 0 Å². The van der Waals surface area contributed by atoms with Crippen molar-refractivity contribution in [1.29, 1.82) is 0 Å². The van der Waals surface area contributed by atoms with E-state index in [1.54, 1.807) is 18.2 Å². The fourth-order valence-electron chi connectivity index (χ4n) is 1.27. The molecule has 0 aliphatic carbocycles. The van der Waals surface area contributed by atoms with Crippen LogP contribution in [0.4, 0.5) is 0 Å². The van der Waals surface area contributed by atoms with Crippen LogP contribution in [-0.4, -0.2) is 27.9 Å². The maximum atomic E-state index is 11.7. The molecular weight excluding hydrogens is 212 g/mol. The molecule has 1 unspecified atom stereocenters. The van der Waals surface area contributed by atoms with Crippen molar-refractivity contribution >= 4 is 17.7 Å². The Hall–Kier alpha value is -2.17. The third-order valence-corrected chi connectivity index (χ3v) is 2.05. The minimum Gasteiger partial charge on any atom is -0.481 e. The predicted octanol–water partition coefficient (Wildman–Crippen LogP) is 1.04. The monoisotopic (exact) mass is 222 g/mol. The second-order valence-corrected chi connectivity index (χ2v) is 3.22. The highest BCUT2D eigenvalue weighted by atomic mass is 16.4. The van der Waals surface area contributed by atoms with Crippen molar-refractivity contribution in [2.24, 2.45) is 5.92 Å². The van der Waals surface area contributed by atoms with Crippen molar-refractivity contribution in [2.45, 2.75) is 6.42 Å². The molecule has 0 saturated carbocycles. The molecule has 0 aliphatic rings. The van der Waals surface area contributed by atoms with Crippen LogP contribution < -0.4 is 0 Å². The molecule has 5 nitrogen and oxygen atoms in total. The van der Waals surface area contributed by atoms with Crippen molar-refractivity contribution < 1.29 is 24.6 Å². The molecule has 5 heteroatoms. The Balaban J connectivity index is 2.92. The Morgan fingerprint density at radius 2 is 1.62 bits per heavy atom. The van der Waals surface area contributed by atoms with E-state index in [0.29, 0.717) is 0 Å². The van der Waals surface area contributed by atoms with E-state index in [4.69, 9.17) is 10.2 Å². The molecule has 1 atom stereocenters. The van der Waals surface area contributed by atoms with E-state index < -0.39 is 30.1 Å². The average molecular weight is 222 g/mol. The summed E-state index contributed by atoms with van der Waals surface area (Å²) in [6.07, 6.45) is -0.705. The number of Topliss-reactive ketones (excluding diaryl/α,β-unsaturated/α-hetero) is 1. The van der Waals surface area contributed by atoms with Crippen LogP contribution in [0.3, 0.4) is 0 Å². The summed E-state index contributed by atoms with van der Waals surface area (Å²) in [7, 11) is 0. The summed E-state index contributed by atoms with van der Waals surface area (Å²) >= 11 is 0. The van der Waals surface area contributed by atoms with E-state index >= 15 is 0 Å². The van der Waals surface area contributed by atoms with Gasteiger partial charge in [0.25, 0.3) is 0 Å². The second-order valence-electron chi connectivity index (χ2n) is 3.22. The van der Waals surface area contributed by atoms with Crippen molar-refractivity contribution in [3.05, 3.63) is 35.9 Å². The fourth-order valence-corrected chi connectivity index (χ4v) is 1.27. The lowest BCUT2D eigenvalue weighted by Gasteiger charge is -2.08. The van der Waals surface area contributed by atoms with Gasteiger partial charge >= 0.3 is 11.9 Å². The zero-order valence-corrected chi connectivity index (χ0v) is 8.29. The van der Waals surface area contributed by atoms with Gasteiger partial charge in [-0.05, 0) is 0 Å². The lowest BCUT2D eigenvalue weighted by Crippen LogP contribution is -2.26. The van der Waals surface area contributed by atoms with E-state index in [1.807, 2.05) is 0 Å². The smallest absolute Gasteiger partial charge is 0.315 e. The number of carboxylic acid groups (broad SMARTS) is 2. The topological polar surface area (TPSA) is 91.7 Å². The quantitative estimate of drug-likeness (QED) is 0.573. The number of carbonyl (C=O) groups excluding carboxylic acids is 1. The Kier molecular flexibility index (Phi) is 3.77. The van der Waals surface area contributed by atoms with E-state index in [9.17, 15) is 14.4 Å². The molecule has 84 valence electrons. The molecule has 0 bridgehead atoms. The average Bonchev–Trinajstić information content (AvgIpc) is 2.25. The normalized spacial score (nSPS) is 11.8. The summed E-state index contributed by atoms with van der Waals surface area (Å²) in [5, 5.41) is 17.3. The van der Waals surface area contributed by atoms with Gasteiger partial charge in [0, 0.05) is 5.56 Å². The summed E-state index contributed by atoms with van der Waals surface area (Å²) in [5.41, 5.74) is 0.205. The minimum absolute atomic E-state index is 0.205. The summed E-state index contributed by atoms with van der Waals surface area (Å²) in [6, 6.07) is 7.78. The highest BCUT2D eigenvalue weighted by Gasteiger charge is 2.29. The van der Waals surface area contributed by atoms with Gasteiger partial charge in [0.05, 0.1) is 6.42 Å². The predicted molar refractivity (Wildman–Crippen MR) is 54.2 cm³/mol. The van der Waals surface area contributed by atoms with Crippen molar-refractivity contribution in [3.8, 4) is 0 Å². The Bertz CT molecular complexity index is 410. The third kappa shape index (κ3) is 2.91. The fraction of sp³-hybridized carbons (Fsp3) is 0.182. The summed E-state index contributed by atoms with van der Waals surface area (Å²) in [4.78, 5) is 32.9. The molecule has 0 fully saturated rings. The van der Waals surface area contributed by atoms with Crippen molar-refractivity contribution in [3.63, 3.8) is 0 Å². The number of carbonyl (C=O) groups is 3. The van der Waals surface area contributed by atoms with Crippen LogP contribution in [0, 0.1) is 5.92 Å². The molecule has 0 saturated heterocycles. The van der Waals surface area contributed by atoms with Gasteiger partial charge in [-0.1, -0.05) is 30.3 Å². The SMILES string of the molecule is O=C(O)CC(C(=O)O)C(=O)c1ccccc1. The molecule has 0 radical (unpaired) electrons. The number of benzene rings is 1. The largest absolute Gasteiger partial charge is 0.481 e. The molecule has 0 amide bonds. The number of rotatable bonds is 5. The molecule has 0 heterocycles. The van der Waals surface area contributed by atoms with Crippen LogP contribution >= 0.6 is 0 Å². The zero-order valence-electron chi connectivity index (χ0n) is 8.29. The molecule has 2 N–H and O–H groups in total. The highest BCUT2D eigenvalue weighted by molar-refractivity contribution is 6.09. The Labute approximate surface area is 91.3 Å². The first-order chi connectivity index (χ1) is 7.52. The van der Waals surface area contributed by atoms with Crippen LogP contribution in [-0.2, 0) is 9.59 Å². The van der Waals surface area contributed by atoms with Crippen LogP contribution in [0.1, 0.15) is 16.8 Å². The molecular formula is C11H10O5. The first-order valence-corrected chi connectivity index (χ1v) is 4.56. The molecule has 0 aromatic heterocycles. The van der Waals surface area contributed by atoms with Gasteiger partial charge in [0.15, 0.2) is 5.78 Å². The van der Waals surface area contributed by atoms with Crippen molar-refractivity contribution in [1.82, 2.24) is 0 Å². The van der Waals surface area contributed by atoms with Crippen LogP contribution in [0.25, 0.3) is 0 Å². The van der Waals surface area contributed by atoms with Gasteiger partial charge in [0.2, 0.25) is 0 Å². The minimum atomic E-state index is -1.53. The molecule has 0 aliphatic heterocycles. The number of ketones is 1. The molecule has 0 spiro atoms. The van der Waals surface area contributed by atoms with Gasteiger partial charge in [-0.3, -0.25) is 14.4 Å². The summed E-state index contributed by atoms with van der Waals surface area (Å²) in [6.45, 7) is 0. The number of hydrogen-bond donors (Lipinski definition) is 2. The highest BCUT2D eigenvalue weighted by Crippen LogP contribution is 2.13. The molecule has 1 aromatic carbocycles. The van der Waals surface area contributed by atoms with Crippen LogP contribution in [0.2, 0.25) is 0 Å². The third-order valence-electron chi connectivity index (χ3n) is 2.05. The second kappa shape index (κ2) is 5.06. The maximum absolute atomic E-state index is 11.7. The zero-order chi connectivity index (χ0) is 12.1. The summed E-state index contributed by atoms with van der Waals surface area (Å²) in [5.74, 6) is -4.94. The van der Waals surface area contributed by atoms with Gasteiger partial charge in [-0.25, -0.2) is 0 Å². The van der Waals surface area contributed by atoms with E-state index in [1.165, 1.54) is 12.1 Å². The van der Waals surface area contributed by atoms with Gasteiger partial charge in [-0.2, -0.15) is 0 Å². The van der Waals surface area contributed by atoms with E-state index in [-0.39, 0.29) is 5.56 Å².